The summed E-state index contributed by atoms with van der Waals surface area (Å²) >= 11 is 0. The number of aliphatic carboxylic acids is 1. The van der Waals surface area contributed by atoms with Gasteiger partial charge in [0.05, 0.1) is 11.5 Å². The van der Waals surface area contributed by atoms with Crippen LogP contribution in [-0.4, -0.2) is 17.0 Å². The van der Waals surface area contributed by atoms with Crippen molar-refractivity contribution in [3.8, 4) is 0 Å². The molecular formula is C17H23NO3. The largest absolute Gasteiger partial charge is 0.481 e. The molecule has 0 aromatic heterocycles. The van der Waals surface area contributed by atoms with Crippen molar-refractivity contribution < 1.29 is 14.7 Å². The summed E-state index contributed by atoms with van der Waals surface area (Å²) in [6.07, 6.45) is 3.09. The van der Waals surface area contributed by atoms with Crippen molar-refractivity contribution in [2.45, 2.75) is 52.0 Å². The Morgan fingerprint density at radius 3 is 2.33 bits per heavy atom. The van der Waals surface area contributed by atoms with Crippen LogP contribution in [-0.2, 0) is 9.59 Å². The van der Waals surface area contributed by atoms with Crippen molar-refractivity contribution in [2.75, 3.05) is 0 Å². The summed E-state index contributed by atoms with van der Waals surface area (Å²) in [4.78, 5) is 23.7. The molecule has 1 saturated carbocycles. The van der Waals surface area contributed by atoms with Crippen molar-refractivity contribution in [1.82, 2.24) is 5.32 Å². The van der Waals surface area contributed by atoms with Crippen LogP contribution in [0.2, 0.25) is 0 Å². The predicted octanol–water partition coefficient (Wildman–Crippen LogP) is 3.21. The van der Waals surface area contributed by atoms with E-state index in [4.69, 9.17) is 0 Å². The van der Waals surface area contributed by atoms with Gasteiger partial charge in [0.25, 0.3) is 0 Å². The average Bonchev–Trinajstić information content (AvgIpc) is 2.89. The smallest absolute Gasteiger partial charge is 0.310 e. The summed E-state index contributed by atoms with van der Waals surface area (Å²) < 4.78 is 0. The van der Waals surface area contributed by atoms with Gasteiger partial charge in [0.1, 0.15) is 0 Å². The summed E-state index contributed by atoms with van der Waals surface area (Å²) in [6, 6.07) is 7.89. The molecule has 0 spiro atoms. The highest BCUT2D eigenvalue weighted by molar-refractivity contribution is 5.85. The number of carbonyl (C=O) groups excluding carboxylic acids is 1. The van der Waals surface area contributed by atoms with E-state index in [0.29, 0.717) is 12.8 Å². The minimum atomic E-state index is -0.850. The highest BCUT2D eigenvalue weighted by Crippen LogP contribution is 2.41. The second kappa shape index (κ2) is 6.29. The van der Waals surface area contributed by atoms with Crippen molar-refractivity contribution >= 4 is 11.9 Å². The van der Waals surface area contributed by atoms with Gasteiger partial charge >= 0.3 is 5.97 Å². The molecule has 0 aliphatic heterocycles. The van der Waals surface area contributed by atoms with E-state index in [-0.39, 0.29) is 18.4 Å². The van der Waals surface area contributed by atoms with Crippen molar-refractivity contribution in [1.29, 1.82) is 0 Å². The fourth-order valence-electron chi connectivity index (χ4n) is 3.06. The zero-order chi connectivity index (χ0) is 15.5. The van der Waals surface area contributed by atoms with Gasteiger partial charge in [-0.15, -0.1) is 0 Å². The van der Waals surface area contributed by atoms with Gasteiger partial charge < -0.3 is 10.4 Å². The fourth-order valence-corrected chi connectivity index (χ4v) is 3.06. The number of carbonyl (C=O) groups is 2. The van der Waals surface area contributed by atoms with Crippen LogP contribution in [0, 0.1) is 12.3 Å². The summed E-state index contributed by atoms with van der Waals surface area (Å²) in [5.74, 6) is -1.01. The number of carboxylic acids is 1. The minimum Gasteiger partial charge on any atom is -0.481 e. The summed E-state index contributed by atoms with van der Waals surface area (Å²) in [7, 11) is 0. The van der Waals surface area contributed by atoms with Gasteiger partial charge in [0.15, 0.2) is 0 Å². The Morgan fingerprint density at radius 2 is 1.81 bits per heavy atom. The SMILES string of the molecule is Cc1ccc(C(C)NC(=O)CC2(C(=O)O)CCCC2)cc1. The minimum absolute atomic E-state index is 0.0819. The van der Waals surface area contributed by atoms with Gasteiger partial charge in [0, 0.05) is 6.42 Å². The molecular weight excluding hydrogens is 266 g/mol. The third kappa shape index (κ3) is 3.63. The Morgan fingerprint density at radius 1 is 1.24 bits per heavy atom. The maximum atomic E-state index is 12.2. The zero-order valence-electron chi connectivity index (χ0n) is 12.7. The molecule has 0 saturated heterocycles. The van der Waals surface area contributed by atoms with E-state index in [1.54, 1.807) is 0 Å². The van der Waals surface area contributed by atoms with Crippen molar-refractivity contribution in [2.24, 2.45) is 5.41 Å². The van der Waals surface area contributed by atoms with E-state index in [0.717, 1.165) is 18.4 Å². The monoisotopic (exact) mass is 289 g/mol. The zero-order valence-corrected chi connectivity index (χ0v) is 12.7. The number of hydrogen-bond donors (Lipinski definition) is 2. The molecule has 21 heavy (non-hydrogen) atoms. The molecule has 1 fully saturated rings. The first-order valence-electron chi connectivity index (χ1n) is 7.52. The van der Waals surface area contributed by atoms with Gasteiger partial charge in [-0.25, -0.2) is 0 Å². The number of rotatable bonds is 5. The molecule has 2 rings (SSSR count). The molecule has 114 valence electrons. The second-order valence-electron chi connectivity index (χ2n) is 6.17. The van der Waals surface area contributed by atoms with Crippen molar-refractivity contribution in [3.05, 3.63) is 35.4 Å². The molecule has 1 aliphatic rings. The standard InChI is InChI=1S/C17H23NO3/c1-12-5-7-14(8-6-12)13(2)18-15(19)11-17(16(20)21)9-3-4-10-17/h5-8,13H,3-4,9-11H2,1-2H3,(H,18,19)(H,20,21). The highest BCUT2D eigenvalue weighted by atomic mass is 16.4. The van der Waals surface area contributed by atoms with Crippen LogP contribution in [0.25, 0.3) is 0 Å². The van der Waals surface area contributed by atoms with E-state index in [2.05, 4.69) is 5.32 Å². The van der Waals surface area contributed by atoms with Crippen LogP contribution >= 0.6 is 0 Å². The number of nitrogens with one attached hydrogen (secondary N) is 1. The Kier molecular flexibility index (Phi) is 4.66. The molecule has 1 aromatic carbocycles. The number of aryl methyl sites for hydroxylation is 1. The van der Waals surface area contributed by atoms with Crippen LogP contribution in [0.4, 0.5) is 0 Å². The first-order chi connectivity index (χ1) is 9.93. The molecule has 0 radical (unpaired) electrons. The molecule has 0 heterocycles. The van der Waals surface area contributed by atoms with Gasteiger partial charge in [-0.2, -0.15) is 0 Å². The Labute approximate surface area is 125 Å². The molecule has 1 atom stereocenters. The molecule has 1 amide bonds. The molecule has 1 aliphatic carbocycles. The molecule has 0 bridgehead atoms. The van der Waals surface area contributed by atoms with Crippen LogP contribution in [0.3, 0.4) is 0 Å². The maximum Gasteiger partial charge on any atom is 0.310 e. The van der Waals surface area contributed by atoms with E-state index in [1.165, 1.54) is 5.56 Å². The lowest BCUT2D eigenvalue weighted by atomic mass is 9.82. The van der Waals surface area contributed by atoms with Crippen LogP contribution in [0.15, 0.2) is 24.3 Å². The lowest BCUT2D eigenvalue weighted by Gasteiger charge is -2.24. The number of amides is 1. The van der Waals surface area contributed by atoms with E-state index >= 15 is 0 Å². The Hall–Kier alpha value is -1.84. The first-order valence-corrected chi connectivity index (χ1v) is 7.52. The molecule has 4 nitrogen and oxygen atoms in total. The molecule has 1 unspecified atom stereocenters. The summed E-state index contributed by atoms with van der Waals surface area (Å²) in [6.45, 7) is 3.94. The first kappa shape index (κ1) is 15.5. The van der Waals surface area contributed by atoms with Crippen LogP contribution < -0.4 is 5.32 Å². The molecule has 4 heteroatoms. The topological polar surface area (TPSA) is 66.4 Å². The van der Waals surface area contributed by atoms with Crippen LogP contribution in [0.5, 0.6) is 0 Å². The average molecular weight is 289 g/mol. The predicted molar refractivity (Wildman–Crippen MR) is 80.9 cm³/mol. The van der Waals surface area contributed by atoms with Crippen molar-refractivity contribution in [3.63, 3.8) is 0 Å². The van der Waals surface area contributed by atoms with E-state index < -0.39 is 11.4 Å². The normalized spacial score (nSPS) is 18.2. The van der Waals surface area contributed by atoms with Gasteiger partial charge in [-0.3, -0.25) is 9.59 Å². The van der Waals surface area contributed by atoms with E-state index in [9.17, 15) is 14.7 Å². The maximum absolute atomic E-state index is 12.2. The van der Waals surface area contributed by atoms with Gasteiger partial charge in [-0.1, -0.05) is 42.7 Å². The Bertz CT molecular complexity index is 515. The quantitative estimate of drug-likeness (QED) is 0.874. The summed E-state index contributed by atoms with van der Waals surface area (Å²) in [5, 5.41) is 12.3. The second-order valence-corrected chi connectivity index (χ2v) is 6.17. The summed E-state index contributed by atoms with van der Waals surface area (Å²) in [5.41, 5.74) is 1.36. The van der Waals surface area contributed by atoms with Crippen LogP contribution in [0.1, 0.15) is 56.2 Å². The van der Waals surface area contributed by atoms with Gasteiger partial charge in [-0.05, 0) is 32.3 Å². The number of carboxylic acid groups (broad SMARTS) is 1. The number of benzene rings is 1. The third-order valence-corrected chi connectivity index (χ3v) is 4.47. The highest BCUT2D eigenvalue weighted by Gasteiger charge is 2.43. The Balaban J connectivity index is 1.97. The molecule has 1 aromatic rings. The van der Waals surface area contributed by atoms with E-state index in [1.807, 2.05) is 38.1 Å². The third-order valence-electron chi connectivity index (χ3n) is 4.47. The lowest BCUT2D eigenvalue weighted by molar-refractivity contribution is -0.151. The fraction of sp³-hybridized carbons (Fsp3) is 0.529. The van der Waals surface area contributed by atoms with Gasteiger partial charge in [0.2, 0.25) is 5.91 Å². The molecule has 2 N–H and O–H groups in total. The lowest BCUT2D eigenvalue weighted by Crippen LogP contribution is -2.36. The number of hydrogen-bond acceptors (Lipinski definition) is 2.